The second kappa shape index (κ2) is 7.59. The maximum atomic E-state index is 12.6. The van der Waals surface area contributed by atoms with E-state index in [0.29, 0.717) is 5.92 Å². The van der Waals surface area contributed by atoms with Gasteiger partial charge in [-0.2, -0.15) is 0 Å². The van der Waals surface area contributed by atoms with Crippen molar-refractivity contribution in [3.8, 4) is 0 Å². The number of hydrogen-bond acceptors (Lipinski definition) is 2. The highest BCUT2D eigenvalue weighted by Crippen LogP contribution is 2.24. The lowest BCUT2D eigenvalue weighted by Gasteiger charge is -2.33. The van der Waals surface area contributed by atoms with Crippen molar-refractivity contribution >= 4 is 11.5 Å². The first kappa shape index (κ1) is 16.8. The molecule has 0 aromatic heterocycles. The van der Waals surface area contributed by atoms with Crippen LogP contribution >= 0.6 is 0 Å². The largest absolute Gasteiger partial charge is 0.337 e. The van der Waals surface area contributed by atoms with Crippen molar-refractivity contribution in [2.24, 2.45) is 5.92 Å². The highest BCUT2D eigenvalue weighted by molar-refractivity contribution is 5.95. The number of benzene rings is 1. The van der Waals surface area contributed by atoms with Gasteiger partial charge in [-0.05, 0) is 30.5 Å². The summed E-state index contributed by atoms with van der Waals surface area (Å²) in [5, 5.41) is 0. The van der Waals surface area contributed by atoms with Gasteiger partial charge >= 0.3 is 0 Å². The molecule has 2 rings (SSSR count). The number of carbonyl (C=O) groups excluding carboxylic acids is 1. The molecule has 1 fully saturated rings. The fraction of sp³-hybridized carbons (Fsp3) is 0.526. The van der Waals surface area contributed by atoms with Gasteiger partial charge in [-0.15, -0.1) is 0 Å². The molecule has 1 amide bonds. The van der Waals surface area contributed by atoms with E-state index in [1.807, 2.05) is 11.0 Å². The number of rotatable bonds is 4. The molecule has 1 saturated heterocycles. The Morgan fingerprint density at radius 3 is 2.23 bits per heavy atom. The van der Waals surface area contributed by atoms with Crippen LogP contribution in [-0.4, -0.2) is 48.4 Å². The maximum absolute atomic E-state index is 12.6. The molecule has 1 aromatic rings. The fourth-order valence-corrected chi connectivity index (χ4v) is 2.84. The summed E-state index contributed by atoms with van der Waals surface area (Å²) >= 11 is 0. The minimum absolute atomic E-state index is 0.153. The molecule has 1 aliphatic heterocycles. The molecule has 3 heteroatoms. The van der Waals surface area contributed by atoms with Crippen molar-refractivity contribution in [2.45, 2.75) is 27.7 Å². The first-order valence-electron chi connectivity index (χ1n) is 8.31. The number of likely N-dealkylation sites (N-methyl/N-ethyl adjacent to an activating group) is 1. The van der Waals surface area contributed by atoms with E-state index in [4.69, 9.17) is 0 Å². The van der Waals surface area contributed by atoms with E-state index in [-0.39, 0.29) is 5.91 Å². The van der Waals surface area contributed by atoms with Crippen LogP contribution in [0.4, 0.5) is 0 Å². The molecule has 0 N–H and O–H groups in total. The molecule has 120 valence electrons. The summed E-state index contributed by atoms with van der Waals surface area (Å²) in [6, 6.07) is 8.44. The second-order valence-electron chi connectivity index (χ2n) is 6.38. The smallest absolute Gasteiger partial charge is 0.246 e. The van der Waals surface area contributed by atoms with Crippen molar-refractivity contribution in [3.63, 3.8) is 0 Å². The van der Waals surface area contributed by atoms with Crippen LogP contribution in [0.5, 0.6) is 0 Å². The van der Waals surface area contributed by atoms with Crippen molar-refractivity contribution < 1.29 is 4.79 Å². The lowest BCUT2D eigenvalue weighted by molar-refractivity contribution is -0.127. The summed E-state index contributed by atoms with van der Waals surface area (Å²) in [7, 11) is 0. The number of hydrogen-bond donors (Lipinski definition) is 0. The molecule has 0 radical (unpaired) electrons. The van der Waals surface area contributed by atoms with Gasteiger partial charge in [0.15, 0.2) is 0 Å². The Balaban J connectivity index is 2.13. The Bertz CT molecular complexity index is 523. The lowest BCUT2D eigenvalue weighted by Crippen LogP contribution is -2.48. The molecule has 1 heterocycles. The quantitative estimate of drug-likeness (QED) is 0.797. The van der Waals surface area contributed by atoms with Crippen LogP contribution in [0.15, 0.2) is 30.3 Å². The third-order valence-corrected chi connectivity index (χ3v) is 4.42. The van der Waals surface area contributed by atoms with E-state index in [2.05, 4.69) is 56.9 Å². The van der Waals surface area contributed by atoms with Gasteiger partial charge in [-0.25, -0.2) is 0 Å². The first-order chi connectivity index (χ1) is 10.5. The molecule has 0 aliphatic carbocycles. The third-order valence-electron chi connectivity index (χ3n) is 4.42. The number of allylic oxidation sites excluding steroid dienone is 1. The van der Waals surface area contributed by atoms with Gasteiger partial charge in [0.05, 0.1) is 0 Å². The highest BCUT2D eigenvalue weighted by Gasteiger charge is 2.20. The number of nitrogens with zero attached hydrogens (tertiary/aromatic N) is 2. The van der Waals surface area contributed by atoms with Crippen LogP contribution in [0.2, 0.25) is 0 Å². The van der Waals surface area contributed by atoms with Crippen LogP contribution < -0.4 is 0 Å². The summed E-state index contributed by atoms with van der Waals surface area (Å²) in [4.78, 5) is 16.9. The summed E-state index contributed by atoms with van der Waals surface area (Å²) in [6.45, 7) is 13.3. The predicted octanol–water partition coefficient (Wildman–Crippen LogP) is 3.20. The lowest BCUT2D eigenvalue weighted by atomic mass is 9.94. The topological polar surface area (TPSA) is 23.6 Å². The fourth-order valence-electron chi connectivity index (χ4n) is 2.84. The van der Waals surface area contributed by atoms with Gasteiger partial charge in [0.2, 0.25) is 5.91 Å². The number of piperazine rings is 1. The monoisotopic (exact) mass is 300 g/mol. The highest BCUT2D eigenvalue weighted by atomic mass is 16.2. The number of carbonyl (C=O) groups is 1. The standard InChI is InChI=1S/C19H28N2O/c1-5-20-10-12-21(13-11-20)19(22)14-18(15(2)3)17-8-6-16(4)7-9-17/h6-9,14-15H,5,10-13H2,1-4H3/b18-14+. The van der Waals surface area contributed by atoms with Crippen LogP contribution in [-0.2, 0) is 4.79 Å². The maximum Gasteiger partial charge on any atom is 0.246 e. The normalized spacial score (nSPS) is 17.1. The molecule has 0 bridgehead atoms. The molecule has 0 unspecified atom stereocenters. The summed E-state index contributed by atoms with van der Waals surface area (Å²) in [6.07, 6.45) is 1.84. The molecule has 3 nitrogen and oxygen atoms in total. The Hall–Kier alpha value is -1.61. The average Bonchev–Trinajstić information content (AvgIpc) is 2.53. The summed E-state index contributed by atoms with van der Waals surface area (Å²) in [5.74, 6) is 0.489. The minimum atomic E-state index is 0.153. The van der Waals surface area contributed by atoms with E-state index >= 15 is 0 Å². The number of aryl methyl sites for hydroxylation is 1. The molecule has 22 heavy (non-hydrogen) atoms. The van der Waals surface area contributed by atoms with Gasteiger partial charge in [0, 0.05) is 32.3 Å². The van der Waals surface area contributed by atoms with Gasteiger partial charge in [-0.3, -0.25) is 4.79 Å². The zero-order chi connectivity index (χ0) is 16.1. The minimum Gasteiger partial charge on any atom is -0.337 e. The predicted molar refractivity (Wildman–Crippen MR) is 92.7 cm³/mol. The zero-order valence-electron chi connectivity index (χ0n) is 14.3. The van der Waals surface area contributed by atoms with Gasteiger partial charge in [-0.1, -0.05) is 50.6 Å². The summed E-state index contributed by atoms with van der Waals surface area (Å²) in [5.41, 5.74) is 3.53. The molecule has 1 aliphatic rings. The number of amides is 1. The van der Waals surface area contributed by atoms with E-state index in [1.54, 1.807) is 0 Å². The molecule has 0 spiro atoms. The third kappa shape index (κ3) is 4.20. The van der Waals surface area contributed by atoms with E-state index < -0.39 is 0 Å². The van der Waals surface area contributed by atoms with Crippen molar-refractivity contribution in [1.82, 2.24) is 9.80 Å². The first-order valence-corrected chi connectivity index (χ1v) is 8.31. The second-order valence-corrected chi connectivity index (χ2v) is 6.38. The Morgan fingerprint density at radius 2 is 1.73 bits per heavy atom. The van der Waals surface area contributed by atoms with Crippen LogP contribution in [0, 0.1) is 12.8 Å². The Labute approximate surface area is 134 Å². The van der Waals surface area contributed by atoms with Crippen molar-refractivity contribution in [3.05, 3.63) is 41.5 Å². The van der Waals surface area contributed by atoms with Crippen molar-refractivity contribution in [2.75, 3.05) is 32.7 Å². The Morgan fingerprint density at radius 1 is 1.14 bits per heavy atom. The van der Waals surface area contributed by atoms with Crippen molar-refractivity contribution in [1.29, 1.82) is 0 Å². The van der Waals surface area contributed by atoms with E-state index in [1.165, 1.54) is 5.56 Å². The van der Waals surface area contributed by atoms with E-state index in [0.717, 1.165) is 43.9 Å². The SMILES string of the molecule is CCN1CCN(C(=O)/C=C(/c2ccc(C)cc2)C(C)C)CC1. The van der Waals surface area contributed by atoms with Crippen LogP contribution in [0.1, 0.15) is 31.9 Å². The molecule has 0 atom stereocenters. The van der Waals surface area contributed by atoms with Crippen LogP contribution in [0.3, 0.4) is 0 Å². The Kier molecular flexibility index (Phi) is 5.78. The molecular weight excluding hydrogens is 272 g/mol. The van der Waals surface area contributed by atoms with Gasteiger partial charge in [0.25, 0.3) is 0 Å². The molecule has 1 aromatic carbocycles. The van der Waals surface area contributed by atoms with Gasteiger partial charge < -0.3 is 9.80 Å². The average molecular weight is 300 g/mol. The van der Waals surface area contributed by atoms with Crippen LogP contribution in [0.25, 0.3) is 5.57 Å². The van der Waals surface area contributed by atoms with Gasteiger partial charge in [0.1, 0.15) is 0 Å². The summed E-state index contributed by atoms with van der Waals surface area (Å²) < 4.78 is 0. The van der Waals surface area contributed by atoms with E-state index in [9.17, 15) is 4.79 Å². The molecule has 0 saturated carbocycles. The molecular formula is C19H28N2O. The zero-order valence-corrected chi connectivity index (χ0v) is 14.3.